The molecule has 7 nitrogen and oxygen atoms in total. The van der Waals surface area contributed by atoms with E-state index in [9.17, 15) is 22.6 Å². The molecule has 30 heavy (non-hydrogen) atoms. The lowest BCUT2D eigenvalue weighted by atomic mass is 10.1. The first kappa shape index (κ1) is 21.1. The summed E-state index contributed by atoms with van der Waals surface area (Å²) in [7, 11) is -1.81. The Morgan fingerprint density at radius 3 is 2.33 bits per heavy atom. The van der Waals surface area contributed by atoms with Crippen molar-refractivity contribution in [2.24, 2.45) is 0 Å². The molecule has 10 heteroatoms. The zero-order valence-electron chi connectivity index (χ0n) is 15.6. The monoisotopic (exact) mass is 430 g/mol. The van der Waals surface area contributed by atoms with E-state index in [1.165, 1.54) is 25.3 Å². The average Bonchev–Trinajstić information content (AvgIpc) is 2.72. The van der Waals surface area contributed by atoms with Crippen LogP contribution in [-0.2, 0) is 15.8 Å². The van der Waals surface area contributed by atoms with Crippen molar-refractivity contribution < 1.29 is 22.6 Å². The number of rotatable bonds is 6. The quantitative estimate of drug-likeness (QED) is 0.555. The third-order valence-electron chi connectivity index (χ3n) is 3.80. The van der Waals surface area contributed by atoms with Gasteiger partial charge in [-0.25, -0.2) is 18.0 Å². The maximum absolute atomic E-state index is 14.8. The van der Waals surface area contributed by atoms with Crippen LogP contribution in [0.15, 0.2) is 65.7 Å². The van der Waals surface area contributed by atoms with Gasteiger partial charge >= 0.3 is 0 Å². The standard InChI is InChI=1S/C20H16F2N4O3S/c1-12(27)24-17-10-7-13(11-23-17)25-20(28)18-15(21)8-9-16(19(18)22)26-30(29)14-5-3-2-4-6-14/h2-11,26H,1H3,(H,25,28)(H,23,24,27). The number of hydrogen-bond donors (Lipinski definition) is 3. The molecule has 3 N–H and O–H groups in total. The number of halogens is 2. The lowest BCUT2D eigenvalue weighted by Gasteiger charge is -2.12. The maximum Gasteiger partial charge on any atom is 0.261 e. The topological polar surface area (TPSA) is 100 Å². The van der Waals surface area contributed by atoms with Crippen LogP contribution >= 0.6 is 0 Å². The largest absolute Gasteiger partial charge is 0.320 e. The second-order valence-corrected chi connectivity index (χ2v) is 7.25. The fourth-order valence-corrected chi connectivity index (χ4v) is 3.34. The van der Waals surface area contributed by atoms with Gasteiger partial charge in [0, 0.05) is 6.92 Å². The molecule has 1 aromatic heterocycles. The number of anilines is 3. The van der Waals surface area contributed by atoms with E-state index in [2.05, 4.69) is 20.3 Å². The Bertz CT molecular complexity index is 1110. The van der Waals surface area contributed by atoms with Crippen LogP contribution in [-0.4, -0.2) is 21.0 Å². The molecule has 2 aromatic carbocycles. The lowest BCUT2D eigenvalue weighted by molar-refractivity contribution is -0.114. The lowest BCUT2D eigenvalue weighted by Crippen LogP contribution is -2.18. The van der Waals surface area contributed by atoms with E-state index < -0.39 is 34.1 Å². The zero-order valence-corrected chi connectivity index (χ0v) is 16.4. The number of pyridine rings is 1. The van der Waals surface area contributed by atoms with Crippen LogP contribution in [0.1, 0.15) is 17.3 Å². The third kappa shape index (κ3) is 5.03. The Kier molecular flexibility index (Phi) is 6.48. The number of hydrogen-bond acceptors (Lipinski definition) is 4. The van der Waals surface area contributed by atoms with Crippen LogP contribution in [0, 0.1) is 11.6 Å². The molecular weight excluding hydrogens is 414 g/mol. The van der Waals surface area contributed by atoms with Crippen molar-refractivity contribution in [3.05, 3.63) is 78.0 Å². The van der Waals surface area contributed by atoms with Crippen molar-refractivity contribution in [3.8, 4) is 0 Å². The Labute approximate surface area is 173 Å². The van der Waals surface area contributed by atoms with Gasteiger partial charge < -0.3 is 10.6 Å². The van der Waals surface area contributed by atoms with Crippen molar-refractivity contribution in [1.82, 2.24) is 4.98 Å². The first-order valence-electron chi connectivity index (χ1n) is 8.61. The summed E-state index contributed by atoms with van der Waals surface area (Å²) in [4.78, 5) is 27.7. The van der Waals surface area contributed by atoms with E-state index in [0.29, 0.717) is 4.90 Å². The Hall–Kier alpha value is -3.66. The number of nitrogens with one attached hydrogen (secondary N) is 3. The minimum Gasteiger partial charge on any atom is -0.320 e. The van der Waals surface area contributed by atoms with Crippen molar-refractivity contribution in [2.45, 2.75) is 11.8 Å². The number of amides is 2. The number of aromatic nitrogens is 1. The predicted molar refractivity (Wildman–Crippen MR) is 109 cm³/mol. The average molecular weight is 430 g/mol. The SMILES string of the molecule is CC(=O)Nc1ccc(NC(=O)c2c(F)ccc(NS(=O)c3ccccc3)c2F)cn1. The van der Waals surface area contributed by atoms with Crippen LogP contribution < -0.4 is 15.4 Å². The summed E-state index contributed by atoms with van der Waals surface area (Å²) in [6.07, 6.45) is 1.23. The van der Waals surface area contributed by atoms with Gasteiger partial charge in [-0.3, -0.25) is 14.3 Å². The summed E-state index contributed by atoms with van der Waals surface area (Å²) in [5, 5.41) is 4.79. The van der Waals surface area contributed by atoms with Gasteiger partial charge in [0.15, 0.2) is 5.82 Å². The summed E-state index contributed by atoms with van der Waals surface area (Å²) in [6, 6.07) is 13.0. The zero-order chi connectivity index (χ0) is 21.7. The van der Waals surface area contributed by atoms with Crippen molar-refractivity contribution in [3.63, 3.8) is 0 Å². The van der Waals surface area contributed by atoms with Crippen molar-refractivity contribution >= 4 is 40.0 Å². The van der Waals surface area contributed by atoms with Gasteiger partial charge in [0.2, 0.25) is 5.91 Å². The van der Waals surface area contributed by atoms with Gasteiger partial charge in [0.05, 0.1) is 22.5 Å². The first-order chi connectivity index (χ1) is 14.3. The summed E-state index contributed by atoms with van der Waals surface area (Å²) >= 11 is 0. The highest BCUT2D eigenvalue weighted by atomic mass is 32.2. The Morgan fingerprint density at radius 1 is 0.967 bits per heavy atom. The van der Waals surface area contributed by atoms with Crippen molar-refractivity contribution in [1.29, 1.82) is 0 Å². The molecule has 0 aliphatic rings. The van der Waals surface area contributed by atoms with E-state index in [-0.39, 0.29) is 23.1 Å². The molecule has 0 fully saturated rings. The third-order valence-corrected chi connectivity index (χ3v) is 4.91. The second-order valence-electron chi connectivity index (χ2n) is 6.04. The smallest absolute Gasteiger partial charge is 0.261 e. The Balaban J connectivity index is 1.79. The highest BCUT2D eigenvalue weighted by Crippen LogP contribution is 2.24. The summed E-state index contributed by atoms with van der Waals surface area (Å²) in [5.74, 6) is -3.37. The number of benzene rings is 2. The molecule has 0 aliphatic carbocycles. The second kappa shape index (κ2) is 9.23. The van der Waals surface area contributed by atoms with Gasteiger partial charge in [0.1, 0.15) is 28.2 Å². The summed E-state index contributed by atoms with van der Waals surface area (Å²) in [5.41, 5.74) is -0.960. The highest BCUT2D eigenvalue weighted by Gasteiger charge is 2.22. The van der Waals surface area contributed by atoms with E-state index in [1.54, 1.807) is 30.3 Å². The fourth-order valence-electron chi connectivity index (χ4n) is 2.46. The number of carbonyl (C=O) groups is 2. The van der Waals surface area contributed by atoms with Gasteiger partial charge in [-0.2, -0.15) is 0 Å². The molecule has 3 rings (SSSR count). The normalized spacial score (nSPS) is 11.4. The van der Waals surface area contributed by atoms with E-state index in [4.69, 9.17) is 0 Å². The predicted octanol–water partition coefficient (Wildman–Crippen LogP) is 3.71. The molecule has 2 amide bonds. The van der Waals surface area contributed by atoms with E-state index >= 15 is 0 Å². The van der Waals surface area contributed by atoms with Crippen LogP contribution in [0.3, 0.4) is 0 Å². The fraction of sp³-hybridized carbons (Fsp3) is 0.0500. The summed E-state index contributed by atoms with van der Waals surface area (Å²) < 4.78 is 43.8. The molecule has 0 spiro atoms. The molecule has 1 unspecified atom stereocenters. The van der Waals surface area contributed by atoms with Gasteiger partial charge in [-0.15, -0.1) is 0 Å². The molecule has 0 radical (unpaired) electrons. The van der Waals surface area contributed by atoms with Gasteiger partial charge in [-0.05, 0) is 36.4 Å². The van der Waals surface area contributed by atoms with Crippen LogP contribution in [0.2, 0.25) is 0 Å². The Morgan fingerprint density at radius 2 is 1.70 bits per heavy atom. The molecule has 1 atom stereocenters. The first-order valence-corrected chi connectivity index (χ1v) is 9.76. The maximum atomic E-state index is 14.8. The molecule has 0 saturated heterocycles. The molecule has 154 valence electrons. The summed E-state index contributed by atoms with van der Waals surface area (Å²) in [6.45, 7) is 1.31. The molecule has 0 aliphatic heterocycles. The van der Waals surface area contributed by atoms with E-state index in [0.717, 1.165) is 12.1 Å². The molecule has 0 saturated carbocycles. The molecular formula is C20H16F2N4O3S. The van der Waals surface area contributed by atoms with Crippen LogP contribution in [0.4, 0.5) is 26.0 Å². The molecule has 1 heterocycles. The minimum absolute atomic E-state index is 0.166. The van der Waals surface area contributed by atoms with E-state index in [1.807, 2.05) is 0 Å². The van der Waals surface area contributed by atoms with Crippen LogP contribution in [0.25, 0.3) is 0 Å². The molecule has 0 bridgehead atoms. The van der Waals surface area contributed by atoms with Gasteiger partial charge in [0.25, 0.3) is 5.91 Å². The number of nitrogens with zero attached hydrogens (tertiary/aromatic N) is 1. The molecule has 3 aromatic rings. The van der Waals surface area contributed by atoms with Crippen molar-refractivity contribution in [2.75, 3.05) is 15.4 Å². The highest BCUT2D eigenvalue weighted by molar-refractivity contribution is 7.86. The van der Waals surface area contributed by atoms with Crippen LogP contribution in [0.5, 0.6) is 0 Å². The van der Waals surface area contributed by atoms with Gasteiger partial charge in [-0.1, -0.05) is 18.2 Å². The minimum atomic E-state index is -1.81. The number of carbonyl (C=O) groups excluding carboxylic acids is 2.